The summed E-state index contributed by atoms with van der Waals surface area (Å²) in [5.74, 6) is -0.340. The molecule has 134 valence electrons. The van der Waals surface area contributed by atoms with Crippen molar-refractivity contribution in [1.29, 1.82) is 0 Å². The molecular weight excluding hydrogens is 390 g/mol. The van der Waals surface area contributed by atoms with E-state index in [0.717, 1.165) is 4.47 Å². The van der Waals surface area contributed by atoms with Crippen molar-refractivity contribution in [2.45, 2.75) is 32.9 Å². The first kappa shape index (κ1) is 19.0. The molecule has 0 aliphatic carbocycles. The Morgan fingerprint density at radius 2 is 2.00 bits per heavy atom. The van der Waals surface area contributed by atoms with Crippen molar-refractivity contribution in [3.63, 3.8) is 0 Å². The minimum absolute atomic E-state index is 0.0672. The maximum Gasteiger partial charge on any atom is 0.360 e. The summed E-state index contributed by atoms with van der Waals surface area (Å²) in [6, 6.07) is 7.02. The molecule has 1 N–H and O–H groups in total. The molecule has 0 spiro atoms. The number of hydrogen-bond donors (Lipinski definition) is 1. The first-order chi connectivity index (χ1) is 11.7. The van der Waals surface area contributed by atoms with Gasteiger partial charge in [-0.25, -0.2) is 14.6 Å². The van der Waals surface area contributed by atoms with Crippen molar-refractivity contribution < 1.29 is 18.7 Å². The number of rotatable bonds is 4. The number of para-hydroxylation sites is 1. The Morgan fingerprint density at radius 1 is 1.32 bits per heavy atom. The molecule has 0 saturated carbocycles. The third kappa shape index (κ3) is 4.82. The van der Waals surface area contributed by atoms with Crippen LogP contribution < -0.4 is 5.32 Å². The second-order valence-electron chi connectivity index (χ2n) is 6.29. The van der Waals surface area contributed by atoms with Gasteiger partial charge in [0.05, 0.1) is 19.3 Å². The second kappa shape index (κ2) is 7.69. The number of halogens is 1. The van der Waals surface area contributed by atoms with Crippen molar-refractivity contribution >= 4 is 33.6 Å². The number of esters is 1. The molecule has 0 unspecified atom stereocenters. The van der Waals surface area contributed by atoms with E-state index in [1.54, 1.807) is 11.0 Å². The molecule has 1 heterocycles. The number of nitrogens with one attached hydrogen (secondary N) is 1. The topological polar surface area (TPSA) is 84.7 Å². The molecule has 2 aromatic rings. The van der Waals surface area contributed by atoms with E-state index in [4.69, 9.17) is 4.42 Å². The van der Waals surface area contributed by atoms with Gasteiger partial charge in [-0.15, -0.1) is 0 Å². The summed E-state index contributed by atoms with van der Waals surface area (Å²) >= 11 is 3.40. The molecule has 0 bridgehead atoms. The van der Waals surface area contributed by atoms with Crippen molar-refractivity contribution in [3.8, 4) is 0 Å². The van der Waals surface area contributed by atoms with Crippen LogP contribution in [-0.4, -0.2) is 34.5 Å². The molecule has 0 aliphatic rings. The highest BCUT2D eigenvalue weighted by molar-refractivity contribution is 9.10. The lowest BCUT2D eigenvalue weighted by molar-refractivity contribution is 0.0594. The predicted molar refractivity (Wildman–Crippen MR) is 96.3 cm³/mol. The van der Waals surface area contributed by atoms with Gasteiger partial charge in [-0.1, -0.05) is 12.1 Å². The minimum atomic E-state index is -0.588. The fraction of sp³-hybridized carbons (Fsp3) is 0.353. The Morgan fingerprint density at radius 3 is 2.60 bits per heavy atom. The molecule has 0 saturated heterocycles. The highest BCUT2D eigenvalue weighted by Gasteiger charge is 2.29. The molecule has 1 aromatic heterocycles. The quantitative estimate of drug-likeness (QED) is 0.769. The van der Waals surface area contributed by atoms with Crippen LogP contribution in [0, 0.1) is 0 Å². The Hall–Kier alpha value is -2.35. The maximum absolute atomic E-state index is 12.7. The molecule has 2 rings (SSSR count). The van der Waals surface area contributed by atoms with Crippen LogP contribution in [0.4, 0.5) is 10.5 Å². The third-order valence-electron chi connectivity index (χ3n) is 3.41. The van der Waals surface area contributed by atoms with Gasteiger partial charge in [0.2, 0.25) is 5.89 Å². The van der Waals surface area contributed by atoms with E-state index in [0.29, 0.717) is 5.69 Å². The van der Waals surface area contributed by atoms with Gasteiger partial charge >= 0.3 is 12.0 Å². The standard InChI is InChI=1S/C17H20BrN3O4/c1-17(2,3)21(9-14-19-13(10-25-14)15(22)24-4)16(23)20-12-8-6-5-7-11(12)18/h5-8,10H,9H2,1-4H3,(H,20,23). The van der Waals surface area contributed by atoms with Gasteiger partial charge in [-0.2, -0.15) is 0 Å². The number of hydrogen-bond acceptors (Lipinski definition) is 5. The predicted octanol–water partition coefficient (Wildman–Crippen LogP) is 4.06. The zero-order valence-corrected chi connectivity index (χ0v) is 16.1. The summed E-state index contributed by atoms with van der Waals surface area (Å²) in [6.45, 7) is 5.81. The lowest BCUT2D eigenvalue weighted by Crippen LogP contribution is -2.47. The van der Waals surface area contributed by atoms with Gasteiger partial charge in [0.1, 0.15) is 6.26 Å². The summed E-state index contributed by atoms with van der Waals surface area (Å²) in [5, 5.41) is 2.86. The van der Waals surface area contributed by atoms with Gasteiger partial charge in [0.15, 0.2) is 5.69 Å². The van der Waals surface area contributed by atoms with E-state index >= 15 is 0 Å². The van der Waals surface area contributed by atoms with E-state index in [-0.39, 0.29) is 24.2 Å². The van der Waals surface area contributed by atoms with Crippen molar-refractivity contribution in [3.05, 3.63) is 46.6 Å². The van der Waals surface area contributed by atoms with E-state index in [2.05, 4.69) is 31.0 Å². The fourth-order valence-electron chi connectivity index (χ4n) is 2.08. The first-order valence-electron chi connectivity index (χ1n) is 7.58. The normalized spacial score (nSPS) is 11.1. The summed E-state index contributed by atoms with van der Waals surface area (Å²) in [7, 11) is 1.27. The van der Waals surface area contributed by atoms with Crippen LogP contribution in [0.5, 0.6) is 0 Å². The van der Waals surface area contributed by atoms with E-state index < -0.39 is 11.5 Å². The number of ether oxygens (including phenoxy) is 1. The molecule has 0 fully saturated rings. The summed E-state index contributed by atoms with van der Waals surface area (Å²) in [6.07, 6.45) is 1.22. The number of oxazole rings is 1. The number of nitrogens with zero attached hydrogens (tertiary/aromatic N) is 2. The average molecular weight is 410 g/mol. The zero-order valence-electron chi connectivity index (χ0n) is 14.5. The number of amides is 2. The lowest BCUT2D eigenvalue weighted by Gasteiger charge is -2.34. The molecule has 7 nitrogen and oxygen atoms in total. The summed E-state index contributed by atoms with van der Waals surface area (Å²) in [4.78, 5) is 29.9. The van der Waals surface area contributed by atoms with Crippen LogP contribution in [0.2, 0.25) is 0 Å². The number of urea groups is 1. The maximum atomic E-state index is 12.7. The third-order valence-corrected chi connectivity index (χ3v) is 4.10. The molecule has 8 heteroatoms. The number of methoxy groups -OCH3 is 1. The van der Waals surface area contributed by atoms with E-state index in [1.807, 2.05) is 39.0 Å². The molecular formula is C17H20BrN3O4. The number of benzene rings is 1. The largest absolute Gasteiger partial charge is 0.464 e. The SMILES string of the molecule is COC(=O)c1coc(CN(C(=O)Nc2ccccc2Br)C(C)(C)C)n1. The average Bonchev–Trinajstić information content (AvgIpc) is 3.01. The minimum Gasteiger partial charge on any atom is -0.464 e. The van der Waals surface area contributed by atoms with Crippen LogP contribution in [0.3, 0.4) is 0 Å². The Balaban J connectivity index is 2.19. The monoisotopic (exact) mass is 409 g/mol. The molecule has 0 radical (unpaired) electrons. The van der Waals surface area contributed by atoms with Gasteiger partial charge < -0.3 is 19.4 Å². The van der Waals surface area contributed by atoms with Gasteiger partial charge in [-0.3, -0.25) is 0 Å². The van der Waals surface area contributed by atoms with Crippen LogP contribution in [0.15, 0.2) is 39.4 Å². The summed E-state index contributed by atoms with van der Waals surface area (Å²) < 4.78 is 10.7. The highest BCUT2D eigenvalue weighted by atomic mass is 79.9. The number of aromatic nitrogens is 1. The van der Waals surface area contributed by atoms with Crippen LogP contribution in [-0.2, 0) is 11.3 Å². The Labute approximate surface area is 154 Å². The van der Waals surface area contributed by atoms with Crippen LogP contribution in [0.25, 0.3) is 0 Å². The van der Waals surface area contributed by atoms with Gasteiger partial charge in [0, 0.05) is 10.0 Å². The van der Waals surface area contributed by atoms with Crippen molar-refractivity contribution in [2.24, 2.45) is 0 Å². The lowest BCUT2D eigenvalue weighted by atomic mass is 10.1. The van der Waals surface area contributed by atoms with Crippen LogP contribution in [0.1, 0.15) is 37.2 Å². The highest BCUT2D eigenvalue weighted by Crippen LogP contribution is 2.24. The molecule has 25 heavy (non-hydrogen) atoms. The Bertz CT molecular complexity index is 767. The number of carbonyl (C=O) groups excluding carboxylic acids is 2. The molecule has 2 amide bonds. The zero-order chi connectivity index (χ0) is 18.6. The van der Waals surface area contributed by atoms with Crippen molar-refractivity contribution in [2.75, 3.05) is 12.4 Å². The molecule has 0 atom stereocenters. The first-order valence-corrected chi connectivity index (χ1v) is 8.37. The summed E-state index contributed by atoms with van der Waals surface area (Å²) in [5.41, 5.74) is 0.229. The Kier molecular flexibility index (Phi) is 5.84. The van der Waals surface area contributed by atoms with E-state index in [1.165, 1.54) is 13.4 Å². The second-order valence-corrected chi connectivity index (χ2v) is 7.14. The van der Waals surface area contributed by atoms with E-state index in [9.17, 15) is 9.59 Å². The smallest absolute Gasteiger partial charge is 0.360 e. The fourth-order valence-corrected chi connectivity index (χ4v) is 2.46. The van der Waals surface area contributed by atoms with Gasteiger partial charge in [0.25, 0.3) is 0 Å². The number of anilines is 1. The van der Waals surface area contributed by atoms with Crippen molar-refractivity contribution in [1.82, 2.24) is 9.88 Å². The molecule has 1 aromatic carbocycles. The van der Waals surface area contributed by atoms with Crippen LogP contribution >= 0.6 is 15.9 Å². The van der Waals surface area contributed by atoms with Gasteiger partial charge in [-0.05, 0) is 48.8 Å². The molecule has 0 aliphatic heterocycles. The number of carbonyl (C=O) groups is 2.